The lowest BCUT2D eigenvalue weighted by Crippen LogP contribution is -2.37. The molecule has 0 N–H and O–H groups in total. The summed E-state index contributed by atoms with van der Waals surface area (Å²) in [6, 6.07) is 0. The summed E-state index contributed by atoms with van der Waals surface area (Å²) in [6.07, 6.45) is 8.17. The minimum Gasteiger partial charge on any atom is -0.459 e. The van der Waals surface area contributed by atoms with Gasteiger partial charge in [0.25, 0.3) is 0 Å². The lowest BCUT2D eigenvalue weighted by molar-refractivity contribution is -0.151. The highest BCUT2D eigenvalue weighted by molar-refractivity contribution is 5.81. The second-order valence-corrected chi connectivity index (χ2v) is 5.67. The summed E-state index contributed by atoms with van der Waals surface area (Å²) in [6.45, 7) is 6.84. The van der Waals surface area contributed by atoms with E-state index < -0.39 is 0 Å². The van der Waals surface area contributed by atoms with Gasteiger partial charge in [0.2, 0.25) is 0 Å². The SMILES string of the molecule is C=CC(=O)OC1CCC2CC(OC(=O)C=C)CCC2C1. The molecule has 4 heteroatoms. The monoisotopic (exact) mass is 278 g/mol. The van der Waals surface area contributed by atoms with Crippen LogP contribution in [-0.2, 0) is 19.1 Å². The molecule has 2 saturated carbocycles. The molecule has 4 atom stereocenters. The van der Waals surface area contributed by atoms with Crippen LogP contribution in [0.2, 0.25) is 0 Å². The smallest absolute Gasteiger partial charge is 0.330 e. The van der Waals surface area contributed by atoms with Gasteiger partial charge in [0.1, 0.15) is 12.2 Å². The normalized spacial score (nSPS) is 32.6. The molecule has 0 aliphatic heterocycles. The third kappa shape index (κ3) is 3.71. The first-order valence-electron chi connectivity index (χ1n) is 7.28. The van der Waals surface area contributed by atoms with E-state index in [-0.39, 0.29) is 24.1 Å². The number of ether oxygens (including phenoxy) is 2. The zero-order chi connectivity index (χ0) is 14.5. The van der Waals surface area contributed by atoms with Crippen molar-refractivity contribution in [3.8, 4) is 0 Å². The van der Waals surface area contributed by atoms with Crippen LogP contribution in [-0.4, -0.2) is 24.1 Å². The molecular formula is C16H22O4. The van der Waals surface area contributed by atoms with Gasteiger partial charge in [0.05, 0.1) is 0 Å². The fraction of sp³-hybridized carbons (Fsp3) is 0.625. The van der Waals surface area contributed by atoms with Gasteiger partial charge in [-0.3, -0.25) is 0 Å². The molecule has 20 heavy (non-hydrogen) atoms. The van der Waals surface area contributed by atoms with E-state index in [1.807, 2.05) is 0 Å². The highest BCUT2D eigenvalue weighted by atomic mass is 16.5. The first-order valence-corrected chi connectivity index (χ1v) is 7.28. The highest BCUT2D eigenvalue weighted by Gasteiger charge is 2.37. The Morgan fingerprint density at radius 3 is 1.55 bits per heavy atom. The lowest BCUT2D eigenvalue weighted by atomic mass is 9.69. The summed E-state index contributed by atoms with van der Waals surface area (Å²) in [7, 11) is 0. The van der Waals surface area contributed by atoms with Gasteiger partial charge in [-0.2, -0.15) is 0 Å². The van der Waals surface area contributed by atoms with E-state index in [1.54, 1.807) is 0 Å². The Morgan fingerprint density at radius 1 is 0.800 bits per heavy atom. The summed E-state index contributed by atoms with van der Waals surface area (Å²) in [5.74, 6) is 0.485. The first-order chi connectivity index (χ1) is 9.62. The van der Waals surface area contributed by atoms with Gasteiger partial charge in [0.15, 0.2) is 0 Å². The van der Waals surface area contributed by atoms with Gasteiger partial charge in [-0.1, -0.05) is 13.2 Å². The largest absolute Gasteiger partial charge is 0.459 e. The number of hydrogen-bond acceptors (Lipinski definition) is 4. The second-order valence-electron chi connectivity index (χ2n) is 5.67. The van der Waals surface area contributed by atoms with E-state index in [9.17, 15) is 9.59 Å². The summed E-state index contributed by atoms with van der Waals surface area (Å²) < 4.78 is 10.7. The lowest BCUT2D eigenvalue weighted by Gasteiger charge is -2.41. The molecule has 2 fully saturated rings. The molecule has 0 bridgehead atoms. The Labute approximate surface area is 119 Å². The van der Waals surface area contributed by atoms with E-state index in [0.717, 1.165) is 38.5 Å². The third-order valence-electron chi connectivity index (χ3n) is 4.42. The second kappa shape index (κ2) is 6.73. The molecule has 110 valence electrons. The van der Waals surface area contributed by atoms with Crippen molar-refractivity contribution in [3.63, 3.8) is 0 Å². The Morgan fingerprint density at radius 2 is 1.20 bits per heavy atom. The maximum Gasteiger partial charge on any atom is 0.330 e. The summed E-state index contributed by atoms with van der Waals surface area (Å²) >= 11 is 0. The van der Waals surface area contributed by atoms with Crippen molar-refractivity contribution in [2.24, 2.45) is 11.8 Å². The Hall–Kier alpha value is -1.58. The maximum atomic E-state index is 11.2. The van der Waals surface area contributed by atoms with Crippen molar-refractivity contribution in [2.75, 3.05) is 0 Å². The number of hydrogen-bond donors (Lipinski definition) is 0. The predicted molar refractivity (Wildman–Crippen MR) is 74.8 cm³/mol. The van der Waals surface area contributed by atoms with Gasteiger partial charge in [0, 0.05) is 12.2 Å². The van der Waals surface area contributed by atoms with Gasteiger partial charge >= 0.3 is 11.9 Å². The molecule has 0 amide bonds. The Bertz CT molecular complexity index is 363. The number of esters is 2. The van der Waals surface area contributed by atoms with Crippen molar-refractivity contribution < 1.29 is 19.1 Å². The molecule has 0 saturated heterocycles. The molecule has 4 unspecified atom stereocenters. The zero-order valence-corrected chi connectivity index (χ0v) is 11.8. The van der Waals surface area contributed by atoms with E-state index in [0.29, 0.717) is 11.8 Å². The minimum atomic E-state index is -0.331. The first kappa shape index (κ1) is 14.8. The topological polar surface area (TPSA) is 52.6 Å². The van der Waals surface area contributed by atoms with Crippen LogP contribution in [0, 0.1) is 11.8 Å². The molecule has 2 aliphatic rings. The van der Waals surface area contributed by atoms with Crippen molar-refractivity contribution in [1.82, 2.24) is 0 Å². The van der Waals surface area contributed by atoms with Crippen molar-refractivity contribution >= 4 is 11.9 Å². The molecule has 0 aromatic carbocycles. The van der Waals surface area contributed by atoms with E-state index in [1.165, 1.54) is 12.2 Å². The standard InChI is InChI=1S/C16H22O4/c1-3-15(17)19-13-7-5-12-10-14(20-16(18)4-2)8-6-11(12)9-13/h3-4,11-14H,1-2,5-10H2. The van der Waals surface area contributed by atoms with E-state index >= 15 is 0 Å². The summed E-state index contributed by atoms with van der Waals surface area (Å²) in [5, 5.41) is 0. The third-order valence-corrected chi connectivity index (χ3v) is 4.42. The van der Waals surface area contributed by atoms with Crippen LogP contribution in [0.15, 0.2) is 25.3 Å². The number of fused-ring (bicyclic) bond motifs is 1. The average molecular weight is 278 g/mol. The Kier molecular flexibility index (Phi) is 4.99. The number of carbonyl (C=O) groups is 2. The van der Waals surface area contributed by atoms with Crippen LogP contribution in [0.3, 0.4) is 0 Å². The molecule has 0 heterocycles. The van der Waals surface area contributed by atoms with Crippen molar-refractivity contribution in [3.05, 3.63) is 25.3 Å². The zero-order valence-electron chi connectivity index (χ0n) is 11.8. The van der Waals surface area contributed by atoms with Crippen molar-refractivity contribution in [2.45, 2.75) is 50.7 Å². The van der Waals surface area contributed by atoms with Crippen LogP contribution < -0.4 is 0 Å². The number of rotatable bonds is 4. The fourth-order valence-corrected chi connectivity index (χ4v) is 3.44. The minimum absolute atomic E-state index is 0.0222. The molecule has 0 spiro atoms. The Balaban J connectivity index is 1.82. The summed E-state index contributed by atoms with van der Waals surface area (Å²) in [5.41, 5.74) is 0. The van der Waals surface area contributed by atoms with E-state index in [4.69, 9.17) is 9.47 Å². The van der Waals surface area contributed by atoms with Crippen LogP contribution >= 0.6 is 0 Å². The average Bonchev–Trinajstić information content (AvgIpc) is 2.47. The van der Waals surface area contributed by atoms with Crippen LogP contribution in [0.1, 0.15) is 38.5 Å². The highest BCUT2D eigenvalue weighted by Crippen LogP contribution is 2.42. The van der Waals surface area contributed by atoms with E-state index in [2.05, 4.69) is 13.2 Å². The summed E-state index contributed by atoms with van der Waals surface area (Å²) in [4.78, 5) is 22.5. The van der Waals surface area contributed by atoms with Crippen LogP contribution in [0.5, 0.6) is 0 Å². The maximum absolute atomic E-state index is 11.2. The van der Waals surface area contributed by atoms with Crippen LogP contribution in [0.4, 0.5) is 0 Å². The predicted octanol–water partition coefficient (Wildman–Crippen LogP) is 2.78. The van der Waals surface area contributed by atoms with Crippen molar-refractivity contribution in [1.29, 1.82) is 0 Å². The fourth-order valence-electron chi connectivity index (χ4n) is 3.44. The van der Waals surface area contributed by atoms with Gasteiger partial charge in [-0.25, -0.2) is 9.59 Å². The molecule has 0 radical (unpaired) electrons. The van der Waals surface area contributed by atoms with Gasteiger partial charge in [-0.05, 0) is 50.4 Å². The molecule has 2 aliphatic carbocycles. The molecule has 4 nitrogen and oxygen atoms in total. The van der Waals surface area contributed by atoms with Gasteiger partial charge in [-0.15, -0.1) is 0 Å². The number of carbonyl (C=O) groups excluding carboxylic acids is 2. The quantitative estimate of drug-likeness (QED) is 0.586. The molecule has 0 aromatic heterocycles. The van der Waals surface area contributed by atoms with Crippen LogP contribution in [0.25, 0.3) is 0 Å². The van der Waals surface area contributed by atoms with Gasteiger partial charge < -0.3 is 9.47 Å². The molecule has 0 aromatic rings. The molecular weight excluding hydrogens is 256 g/mol. The molecule has 2 rings (SSSR count).